The number of pyridine rings is 1. The summed E-state index contributed by atoms with van der Waals surface area (Å²) in [4.78, 5) is 21.8. The molecule has 3 heterocycles. The molecule has 178 valence electrons. The molecule has 0 N–H and O–H groups in total. The van der Waals surface area contributed by atoms with Crippen LogP contribution >= 0.6 is 0 Å². The predicted molar refractivity (Wildman–Crippen MR) is 133 cm³/mol. The summed E-state index contributed by atoms with van der Waals surface area (Å²) in [5, 5.41) is 1.93. The van der Waals surface area contributed by atoms with Gasteiger partial charge in [0.15, 0.2) is 0 Å². The zero-order chi connectivity index (χ0) is 23.5. The fraction of sp³-hybridized carbons (Fsp3) is 0.385. The Hall–Kier alpha value is -2.97. The highest BCUT2D eigenvalue weighted by Crippen LogP contribution is 2.26. The zero-order valence-corrected chi connectivity index (χ0v) is 20.0. The van der Waals surface area contributed by atoms with E-state index in [1.54, 1.807) is 24.5 Å². The average molecular weight is 479 g/mol. The normalized spacial score (nSPS) is 18.7. The van der Waals surface area contributed by atoms with Gasteiger partial charge in [-0.3, -0.25) is 9.78 Å². The number of carbonyl (C=O) groups is 1. The van der Waals surface area contributed by atoms with Crippen molar-refractivity contribution in [2.24, 2.45) is 5.92 Å². The summed E-state index contributed by atoms with van der Waals surface area (Å²) in [7, 11) is -3.61. The van der Waals surface area contributed by atoms with Gasteiger partial charge in [-0.2, -0.15) is 4.31 Å². The molecule has 0 aliphatic carbocycles. The predicted octanol–water partition coefficient (Wildman–Crippen LogP) is 3.37. The quantitative estimate of drug-likeness (QED) is 0.575. The van der Waals surface area contributed by atoms with Crippen LogP contribution in [0.1, 0.15) is 19.3 Å². The molecule has 0 bridgehead atoms. The summed E-state index contributed by atoms with van der Waals surface area (Å²) in [6.07, 6.45) is 5.87. The van der Waals surface area contributed by atoms with Gasteiger partial charge in [-0.05, 0) is 54.3 Å². The minimum absolute atomic E-state index is 0.00160. The Balaban J connectivity index is 1.21. The number of sulfonamides is 1. The van der Waals surface area contributed by atoms with E-state index in [-0.39, 0.29) is 11.8 Å². The number of aromatic nitrogens is 1. The summed E-state index contributed by atoms with van der Waals surface area (Å²) in [6.45, 7) is 3.49. The summed E-state index contributed by atoms with van der Waals surface area (Å²) in [5.41, 5.74) is 1.14. The van der Waals surface area contributed by atoms with E-state index in [9.17, 15) is 13.2 Å². The minimum atomic E-state index is -3.61. The van der Waals surface area contributed by atoms with Crippen molar-refractivity contribution < 1.29 is 13.2 Å². The molecule has 0 atom stereocenters. The summed E-state index contributed by atoms with van der Waals surface area (Å²) >= 11 is 0. The molecule has 0 radical (unpaired) electrons. The van der Waals surface area contributed by atoms with E-state index in [1.807, 2.05) is 47.4 Å². The van der Waals surface area contributed by atoms with Crippen LogP contribution in [0.2, 0.25) is 0 Å². The van der Waals surface area contributed by atoms with E-state index in [2.05, 4.69) is 9.88 Å². The number of hydrogen-bond donors (Lipinski definition) is 0. The molecule has 2 saturated heterocycles. The van der Waals surface area contributed by atoms with E-state index in [0.29, 0.717) is 37.5 Å². The lowest BCUT2D eigenvalue weighted by Gasteiger charge is -2.35. The van der Waals surface area contributed by atoms with Gasteiger partial charge in [-0.15, -0.1) is 0 Å². The largest absolute Gasteiger partial charge is 0.371 e. The summed E-state index contributed by atoms with van der Waals surface area (Å²) in [6, 6.07) is 17.0. The molecule has 3 aromatic rings. The van der Waals surface area contributed by atoms with Crippen molar-refractivity contribution in [1.82, 2.24) is 14.2 Å². The third-order valence-electron chi connectivity index (χ3n) is 7.00. The first-order valence-corrected chi connectivity index (χ1v) is 13.4. The van der Waals surface area contributed by atoms with Crippen molar-refractivity contribution in [2.45, 2.75) is 24.2 Å². The van der Waals surface area contributed by atoms with Crippen molar-refractivity contribution in [3.05, 3.63) is 67.0 Å². The van der Waals surface area contributed by atoms with Crippen LogP contribution in [0.25, 0.3) is 10.8 Å². The number of piperidine rings is 1. The molecule has 5 rings (SSSR count). The second kappa shape index (κ2) is 9.72. The highest BCUT2D eigenvalue weighted by molar-refractivity contribution is 7.89. The molecule has 2 aromatic carbocycles. The molecule has 2 aliphatic rings. The molecular formula is C26H30N4O3S. The van der Waals surface area contributed by atoms with Gasteiger partial charge in [0.2, 0.25) is 15.9 Å². The molecule has 2 fully saturated rings. The second-order valence-electron chi connectivity index (χ2n) is 9.06. The SMILES string of the molecule is O=C(C1CCN(c2ccncc2)CC1)N1CCCN(S(=O)(=O)c2ccc3ccccc3c2)CC1. The monoisotopic (exact) mass is 478 g/mol. The topological polar surface area (TPSA) is 73.8 Å². The fourth-order valence-corrected chi connectivity index (χ4v) is 6.53. The van der Waals surface area contributed by atoms with Crippen LogP contribution in [0.5, 0.6) is 0 Å². The number of nitrogens with zero attached hydrogens (tertiary/aromatic N) is 4. The van der Waals surface area contributed by atoms with Crippen molar-refractivity contribution >= 4 is 32.4 Å². The number of benzene rings is 2. The molecule has 7 nitrogen and oxygen atoms in total. The lowest BCUT2D eigenvalue weighted by Crippen LogP contribution is -2.44. The van der Waals surface area contributed by atoms with Crippen molar-refractivity contribution in [3.8, 4) is 0 Å². The van der Waals surface area contributed by atoms with Crippen molar-refractivity contribution in [2.75, 3.05) is 44.2 Å². The first-order valence-electron chi connectivity index (χ1n) is 11.9. The Morgan fingerprint density at radius 3 is 2.32 bits per heavy atom. The molecular weight excluding hydrogens is 448 g/mol. The maximum absolute atomic E-state index is 13.3. The minimum Gasteiger partial charge on any atom is -0.371 e. The van der Waals surface area contributed by atoms with Gasteiger partial charge in [-0.25, -0.2) is 8.42 Å². The van der Waals surface area contributed by atoms with E-state index < -0.39 is 10.0 Å². The Bertz CT molecular complexity index is 1260. The Morgan fingerprint density at radius 1 is 0.824 bits per heavy atom. The van der Waals surface area contributed by atoms with Crippen molar-refractivity contribution in [3.63, 3.8) is 0 Å². The van der Waals surface area contributed by atoms with E-state index in [0.717, 1.165) is 42.4 Å². The van der Waals surface area contributed by atoms with Gasteiger partial charge >= 0.3 is 0 Å². The van der Waals surface area contributed by atoms with Crippen LogP contribution in [-0.2, 0) is 14.8 Å². The first-order chi connectivity index (χ1) is 16.5. The van der Waals surface area contributed by atoms with E-state index in [4.69, 9.17) is 0 Å². The Labute approximate surface area is 201 Å². The Kier molecular flexibility index (Phi) is 6.52. The number of anilines is 1. The standard InChI is InChI=1S/C26H30N4O3S/c31-26(22-10-16-28(17-11-22)24-8-12-27-13-9-24)29-14-3-15-30(19-18-29)34(32,33)25-7-6-21-4-1-2-5-23(21)20-25/h1-2,4-9,12-13,20,22H,3,10-11,14-19H2. The molecule has 0 spiro atoms. The van der Waals surface area contributed by atoms with Gasteiger partial charge in [-0.1, -0.05) is 30.3 Å². The third kappa shape index (κ3) is 4.65. The van der Waals surface area contributed by atoms with Gasteiger partial charge in [0.1, 0.15) is 0 Å². The highest BCUT2D eigenvalue weighted by atomic mass is 32.2. The molecule has 1 aromatic heterocycles. The lowest BCUT2D eigenvalue weighted by molar-refractivity contribution is -0.136. The summed E-state index contributed by atoms with van der Waals surface area (Å²) < 4.78 is 28.2. The fourth-order valence-electron chi connectivity index (χ4n) is 5.03. The molecule has 0 unspecified atom stereocenters. The summed E-state index contributed by atoms with van der Waals surface area (Å²) in [5.74, 6) is 0.168. The van der Waals surface area contributed by atoms with Gasteiger partial charge in [0.05, 0.1) is 4.90 Å². The smallest absolute Gasteiger partial charge is 0.243 e. The maximum atomic E-state index is 13.3. The first kappa shape index (κ1) is 22.8. The molecule has 2 aliphatic heterocycles. The van der Waals surface area contributed by atoms with Crippen LogP contribution in [0.4, 0.5) is 5.69 Å². The van der Waals surface area contributed by atoms with Crippen LogP contribution in [0.3, 0.4) is 0 Å². The Morgan fingerprint density at radius 2 is 1.56 bits per heavy atom. The molecule has 1 amide bonds. The third-order valence-corrected chi connectivity index (χ3v) is 8.89. The number of amides is 1. The zero-order valence-electron chi connectivity index (χ0n) is 19.2. The van der Waals surface area contributed by atoms with Crippen LogP contribution < -0.4 is 4.90 Å². The number of rotatable bonds is 4. The number of hydrogen-bond acceptors (Lipinski definition) is 5. The van der Waals surface area contributed by atoms with Gasteiger partial charge in [0, 0.05) is 63.3 Å². The molecule has 0 saturated carbocycles. The van der Waals surface area contributed by atoms with Crippen LogP contribution in [0.15, 0.2) is 71.9 Å². The molecule has 8 heteroatoms. The number of carbonyl (C=O) groups excluding carboxylic acids is 1. The van der Waals surface area contributed by atoms with Crippen molar-refractivity contribution in [1.29, 1.82) is 0 Å². The van der Waals surface area contributed by atoms with Crippen LogP contribution in [-0.4, -0.2) is 67.8 Å². The highest BCUT2D eigenvalue weighted by Gasteiger charge is 2.32. The van der Waals surface area contributed by atoms with Gasteiger partial charge < -0.3 is 9.80 Å². The van der Waals surface area contributed by atoms with Crippen LogP contribution in [0, 0.1) is 5.92 Å². The van der Waals surface area contributed by atoms with E-state index >= 15 is 0 Å². The number of fused-ring (bicyclic) bond motifs is 1. The van der Waals surface area contributed by atoms with Gasteiger partial charge in [0.25, 0.3) is 0 Å². The second-order valence-corrected chi connectivity index (χ2v) is 11.0. The molecule has 34 heavy (non-hydrogen) atoms. The lowest BCUT2D eigenvalue weighted by atomic mass is 9.95. The maximum Gasteiger partial charge on any atom is 0.243 e. The average Bonchev–Trinajstić information content (AvgIpc) is 3.16. The van der Waals surface area contributed by atoms with E-state index in [1.165, 1.54) is 4.31 Å².